The Morgan fingerprint density at radius 3 is 2.71 bits per heavy atom. The second-order valence-electron chi connectivity index (χ2n) is 5.48. The molecule has 1 aliphatic rings. The Hall–Kier alpha value is -1.26. The fourth-order valence-electron chi connectivity index (χ4n) is 2.51. The van der Waals surface area contributed by atoms with Gasteiger partial charge in [0, 0.05) is 18.9 Å². The van der Waals surface area contributed by atoms with E-state index in [0.717, 1.165) is 56.0 Å². The minimum absolute atomic E-state index is 0.152. The molecule has 1 atom stereocenters. The van der Waals surface area contributed by atoms with Crippen LogP contribution in [-0.2, 0) is 11.2 Å². The van der Waals surface area contributed by atoms with Crippen molar-refractivity contribution in [3.05, 3.63) is 23.8 Å². The van der Waals surface area contributed by atoms with Crippen molar-refractivity contribution in [2.45, 2.75) is 51.7 Å². The summed E-state index contributed by atoms with van der Waals surface area (Å²) in [5.74, 6) is 1.69. The number of ether oxygens (including phenoxy) is 3. The highest BCUT2D eigenvalue weighted by molar-refractivity contribution is 5.47. The van der Waals surface area contributed by atoms with E-state index in [1.54, 1.807) is 0 Å². The molecule has 21 heavy (non-hydrogen) atoms. The van der Waals surface area contributed by atoms with Gasteiger partial charge in [-0.05, 0) is 31.4 Å². The second kappa shape index (κ2) is 8.25. The molecule has 0 aromatic heterocycles. The molecule has 1 saturated heterocycles. The summed E-state index contributed by atoms with van der Waals surface area (Å²) in [5, 5.41) is 0. The van der Waals surface area contributed by atoms with E-state index in [4.69, 9.17) is 19.9 Å². The lowest BCUT2D eigenvalue weighted by Gasteiger charge is -2.26. The maximum atomic E-state index is 6.25. The summed E-state index contributed by atoms with van der Waals surface area (Å²) in [6.45, 7) is 6.27. The minimum atomic E-state index is 0.152. The number of hydrogen-bond donors (Lipinski definition) is 1. The average molecular weight is 293 g/mol. The summed E-state index contributed by atoms with van der Waals surface area (Å²) in [5.41, 5.74) is 7.26. The fraction of sp³-hybridized carbons (Fsp3) is 0.647. The molecule has 1 fully saturated rings. The third-order valence-electron chi connectivity index (χ3n) is 3.82. The number of para-hydroxylation sites is 1. The van der Waals surface area contributed by atoms with E-state index < -0.39 is 0 Å². The van der Waals surface area contributed by atoms with Crippen LogP contribution in [-0.4, -0.2) is 32.0 Å². The van der Waals surface area contributed by atoms with Gasteiger partial charge in [0.1, 0.15) is 6.10 Å². The monoisotopic (exact) mass is 293 g/mol. The van der Waals surface area contributed by atoms with Gasteiger partial charge in [-0.15, -0.1) is 0 Å². The van der Waals surface area contributed by atoms with E-state index in [-0.39, 0.29) is 12.1 Å². The first kappa shape index (κ1) is 16.1. The normalized spacial score (nSPS) is 17.5. The van der Waals surface area contributed by atoms with E-state index in [2.05, 4.69) is 13.0 Å². The van der Waals surface area contributed by atoms with Crippen LogP contribution in [0.25, 0.3) is 0 Å². The van der Waals surface area contributed by atoms with Crippen LogP contribution in [0.15, 0.2) is 18.2 Å². The van der Waals surface area contributed by atoms with Crippen LogP contribution < -0.4 is 15.2 Å². The molecule has 2 N–H and O–H groups in total. The Morgan fingerprint density at radius 1 is 1.29 bits per heavy atom. The SMILES string of the molecule is CCOc1cccc(CC(N)CC)c1OC1CCOCC1. The van der Waals surface area contributed by atoms with E-state index >= 15 is 0 Å². The first-order chi connectivity index (χ1) is 10.2. The quantitative estimate of drug-likeness (QED) is 0.840. The Morgan fingerprint density at radius 2 is 2.05 bits per heavy atom. The van der Waals surface area contributed by atoms with Gasteiger partial charge >= 0.3 is 0 Å². The summed E-state index contributed by atoms with van der Waals surface area (Å²) in [4.78, 5) is 0. The molecule has 2 rings (SSSR count). The molecule has 118 valence electrons. The van der Waals surface area contributed by atoms with Crippen molar-refractivity contribution in [2.75, 3.05) is 19.8 Å². The van der Waals surface area contributed by atoms with Crippen LogP contribution in [0.1, 0.15) is 38.7 Å². The molecular weight excluding hydrogens is 266 g/mol. The highest BCUT2D eigenvalue weighted by Gasteiger charge is 2.20. The van der Waals surface area contributed by atoms with E-state index in [1.807, 2.05) is 19.1 Å². The molecule has 0 radical (unpaired) electrons. The number of nitrogens with two attached hydrogens (primary N) is 1. The van der Waals surface area contributed by atoms with Crippen LogP contribution in [0.2, 0.25) is 0 Å². The summed E-state index contributed by atoms with van der Waals surface area (Å²) in [7, 11) is 0. The molecule has 1 aromatic rings. The van der Waals surface area contributed by atoms with Gasteiger partial charge in [0.05, 0.1) is 19.8 Å². The van der Waals surface area contributed by atoms with Gasteiger partial charge in [0.15, 0.2) is 11.5 Å². The van der Waals surface area contributed by atoms with Gasteiger partial charge < -0.3 is 19.9 Å². The molecular formula is C17H27NO3. The Labute approximate surface area is 127 Å². The summed E-state index contributed by atoms with van der Waals surface area (Å²) in [6, 6.07) is 6.23. The third kappa shape index (κ3) is 4.61. The van der Waals surface area contributed by atoms with Crippen molar-refractivity contribution in [1.82, 2.24) is 0 Å². The van der Waals surface area contributed by atoms with Crippen molar-refractivity contribution < 1.29 is 14.2 Å². The molecule has 0 spiro atoms. The lowest BCUT2D eigenvalue weighted by Crippen LogP contribution is -2.27. The van der Waals surface area contributed by atoms with Crippen LogP contribution in [0, 0.1) is 0 Å². The maximum Gasteiger partial charge on any atom is 0.164 e. The largest absolute Gasteiger partial charge is 0.490 e. The molecule has 4 heteroatoms. The van der Waals surface area contributed by atoms with Crippen LogP contribution in [0.3, 0.4) is 0 Å². The molecule has 1 unspecified atom stereocenters. The summed E-state index contributed by atoms with van der Waals surface area (Å²) < 4.78 is 17.4. The smallest absolute Gasteiger partial charge is 0.164 e. The van der Waals surface area contributed by atoms with Crippen molar-refractivity contribution in [2.24, 2.45) is 5.73 Å². The molecule has 0 amide bonds. The summed E-state index contributed by atoms with van der Waals surface area (Å²) >= 11 is 0. The van der Waals surface area contributed by atoms with E-state index in [0.29, 0.717) is 6.61 Å². The molecule has 0 saturated carbocycles. The number of benzene rings is 1. The van der Waals surface area contributed by atoms with Gasteiger partial charge in [-0.3, -0.25) is 0 Å². The lowest BCUT2D eigenvalue weighted by atomic mass is 10.0. The Kier molecular flexibility index (Phi) is 6.33. The highest BCUT2D eigenvalue weighted by atomic mass is 16.5. The summed E-state index contributed by atoms with van der Waals surface area (Å²) in [6.07, 6.45) is 3.84. The van der Waals surface area contributed by atoms with E-state index in [1.165, 1.54) is 0 Å². The molecule has 1 aromatic carbocycles. The topological polar surface area (TPSA) is 53.7 Å². The maximum absolute atomic E-state index is 6.25. The molecule has 1 aliphatic heterocycles. The zero-order valence-corrected chi connectivity index (χ0v) is 13.1. The molecule has 4 nitrogen and oxygen atoms in total. The lowest BCUT2D eigenvalue weighted by molar-refractivity contribution is 0.0239. The second-order valence-corrected chi connectivity index (χ2v) is 5.48. The van der Waals surface area contributed by atoms with Gasteiger partial charge in [-0.1, -0.05) is 19.1 Å². The Balaban J connectivity index is 2.19. The number of hydrogen-bond acceptors (Lipinski definition) is 4. The van der Waals surface area contributed by atoms with Gasteiger partial charge in [-0.2, -0.15) is 0 Å². The number of rotatable bonds is 7. The first-order valence-corrected chi connectivity index (χ1v) is 7.99. The predicted octanol–water partition coefficient (Wildman–Crippen LogP) is 2.92. The van der Waals surface area contributed by atoms with Crippen LogP contribution in [0.5, 0.6) is 11.5 Å². The third-order valence-corrected chi connectivity index (χ3v) is 3.82. The standard InChI is InChI=1S/C17H27NO3/c1-3-14(18)12-13-6-5-7-16(20-4-2)17(13)21-15-8-10-19-11-9-15/h5-7,14-15H,3-4,8-12,18H2,1-2H3. The highest BCUT2D eigenvalue weighted by Crippen LogP contribution is 2.34. The zero-order chi connectivity index (χ0) is 15.1. The van der Waals surface area contributed by atoms with Gasteiger partial charge in [0.25, 0.3) is 0 Å². The molecule has 1 heterocycles. The molecule has 0 bridgehead atoms. The molecule has 0 aliphatic carbocycles. The van der Waals surface area contributed by atoms with Crippen molar-refractivity contribution in [3.63, 3.8) is 0 Å². The van der Waals surface area contributed by atoms with Crippen molar-refractivity contribution in [3.8, 4) is 11.5 Å². The van der Waals surface area contributed by atoms with E-state index in [9.17, 15) is 0 Å². The first-order valence-electron chi connectivity index (χ1n) is 7.99. The minimum Gasteiger partial charge on any atom is -0.490 e. The average Bonchev–Trinajstić information content (AvgIpc) is 2.51. The van der Waals surface area contributed by atoms with Crippen molar-refractivity contribution in [1.29, 1.82) is 0 Å². The Bertz CT molecular complexity index is 430. The zero-order valence-electron chi connectivity index (χ0n) is 13.1. The van der Waals surface area contributed by atoms with Gasteiger partial charge in [-0.25, -0.2) is 0 Å². The van der Waals surface area contributed by atoms with Crippen LogP contribution >= 0.6 is 0 Å². The van der Waals surface area contributed by atoms with Crippen LogP contribution in [0.4, 0.5) is 0 Å². The fourth-order valence-corrected chi connectivity index (χ4v) is 2.51. The predicted molar refractivity (Wildman–Crippen MR) is 84.1 cm³/mol. The van der Waals surface area contributed by atoms with Gasteiger partial charge in [0.2, 0.25) is 0 Å². The van der Waals surface area contributed by atoms with Crippen molar-refractivity contribution >= 4 is 0 Å².